The van der Waals surface area contributed by atoms with Crippen molar-refractivity contribution in [1.29, 1.82) is 0 Å². The highest BCUT2D eigenvalue weighted by Gasteiger charge is 2.19. The Balaban J connectivity index is 1.75. The van der Waals surface area contributed by atoms with Crippen LogP contribution < -0.4 is 10.1 Å². The molecule has 94 valence electrons. The lowest BCUT2D eigenvalue weighted by Crippen LogP contribution is -2.16. The second-order valence-electron chi connectivity index (χ2n) is 4.67. The first-order chi connectivity index (χ1) is 8.28. The minimum Gasteiger partial charge on any atom is -0.491 e. The maximum absolute atomic E-state index is 9.39. The third-order valence-corrected chi connectivity index (χ3v) is 3.01. The lowest BCUT2D eigenvalue weighted by atomic mass is 10.2. The minimum atomic E-state index is -0.369. The van der Waals surface area contributed by atoms with Gasteiger partial charge in [-0.25, -0.2) is 0 Å². The average molecular weight is 235 g/mol. The van der Waals surface area contributed by atoms with Crippen LogP contribution >= 0.6 is 0 Å². The average Bonchev–Trinajstić information content (AvgIpc) is 3.18. The van der Waals surface area contributed by atoms with Gasteiger partial charge in [0.25, 0.3) is 0 Å². The zero-order valence-electron chi connectivity index (χ0n) is 10.4. The fourth-order valence-corrected chi connectivity index (χ4v) is 1.56. The van der Waals surface area contributed by atoms with Crippen molar-refractivity contribution in [3.63, 3.8) is 0 Å². The predicted molar refractivity (Wildman–Crippen MR) is 68.1 cm³/mol. The Bertz CT molecular complexity index is 333. The summed E-state index contributed by atoms with van der Waals surface area (Å²) in [6.45, 7) is 3.25. The number of benzene rings is 1. The van der Waals surface area contributed by atoms with E-state index < -0.39 is 0 Å². The Morgan fingerprint density at radius 2 is 2.06 bits per heavy atom. The molecule has 0 spiro atoms. The lowest BCUT2D eigenvalue weighted by molar-refractivity contribution is 0.104. The third kappa shape index (κ3) is 4.36. The predicted octanol–water partition coefficient (Wildman–Crippen LogP) is 2.09. The summed E-state index contributed by atoms with van der Waals surface area (Å²) in [6.07, 6.45) is 2.99. The van der Waals surface area contributed by atoms with Crippen LogP contribution in [0.2, 0.25) is 0 Å². The second kappa shape index (κ2) is 6.03. The largest absolute Gasteiger partial charge is 0.491 e. The highest BCUT2D eigenvalue weighted by Crippen LogP contribution is 2.20. The van der Waals surface area contributed by atoms with Crippen LogP contribution in [0.5, 0.6) is 5.75 Å². The molecule has 1 aliphatic carbocycles. The van der Waals surface area contributed by atoms with E-state index >= 15 is 0 Å². The summed E-state index contributed by atoms with van der Waals surface area (Å²) in [6, 6.07) is 8.82. The molecule has 1 saturated carbocycles. The highest BCUT2D eigenvalue weighted by molar-refractivity contribution is 5.27. The Morgan fingerprint density at radius 3 is 2.65 bits per heavy atom. The van der Waals surface area contributed by atoms with Crippen molar-refractivity contribution in [2.24, 2.45) is 0 Å². The molecule has 2 rings (SSSR count). The van der Waals surface area contributed by atoms with Crippen LogP contribution in [-0.2, 0) is 6.54 Å². The van der Waals surface area contributed by atoms with Crippen molar-refractivity contribution in [1.82, 2.24) is 5.32 Å². The zero-order chi connectivity index (χ0) is 12.1. The van der Waals surface area contributed by atoms with Gasteiger partial charge in [-0.15, -0.1) is 0 Å². The van der Waals surface area contributed by atoms with Gasteiger partial charge in [0.15, 0.2) is 0 Å². The Labute approximate surface area is 103 Å². The van der Waals surface area contributed by atoms with Crippen LogP contribution in [0.4, 0.5) is 0 Å². The normalized spacial score (nSPS) is 16.8. The van der Waals surface area contributed by atoms with Gasteiger partial charge in [-0.1, -0.05) is 19.1 Å². The molecule has 1 aliphatic rings. The molecular weight excluding hydrogens is 214 g/mol. The number of rotatable bonds is 7. The first-order valence-electron chi connectivity index (χ1n) is 6.41. The summed E-state index contributed by atoms with van der Waals surface area (Å²) >= 11 is 0. The number of hydrogen-bond donors (Lipinski definition) is 2. The Hall–Kier alpha value is -1.06. The molecule has 0 radical (unpaired) electrons. The van der Waals surface area contributed by atoms with Gasteiger partial charge in [-0.05, 0) is 37.0 Å². The molecule has 1 aromatic carbocycles. The van der Waals surface area contributed by atoms with E-state index in [1.54, 1.807) is 0 Å². The lowest BCUT2D eigenvalue weighted by Gasteiger charge is -2.10. The van der Waals surface area contributed by atoms with Gasteiger partial charge in [0, 0.05) is 12.6 Å². The molecule has 3 nitrogen and oxygen atoms in total. The van der Waals surface area contributed by atoms with E-state index in [-0.39, 0.29) is 6.10 Å². The standard InChI is InChI=1S/C14H21NO2/c1-2-13(16)10-17-14-7-3-11(4-8-14)9-15-12-5-6-12/h3-4,7-8,12-13,15-16H,2,5-6,9-10H2,1H3. The minimum absolute atomic E-state index is 0.369. The molecule has 0 heterocycles. The third-order valence-electron chi connectivity index (χ3n) is 3.01. The molecule has 1 aromatic rings. The van der Waals surface area contributed by atoms with Crippen LogP contribution in [-0.4, -0.2) is 23.9 Å². The zero-order valence-corrected chi connectivity index (χ0v) is 10.4. The maximum atomic E-state index is 9.39. The van der Waals surface area contributed by atoms with E-state index in [2.05, 4.69) is 17.4 Å². The highest BCUT2D eigenvalue weighted by atomic mass is 16.5. The van der Waals surface area contributed by atoms with Crippen molar-refractivity contribution in [2.45, 2.75) is 44.9 Å². The summed E-state index contributed by atoms with van der Waals surface area (Å²) in [5, 5.41) is 12.9. The van der Waals surface area contributed by atoms with E-state index in [1.807, 2.05) is 19.1 Å². The van der Waals surface area contributed by atoms with Crippen molar-refractivity contribution in [3.8, 4) is 5.75 Å². The molecule has 0 aromatic heterocycles. The van der Waals surface area contributed by atoms with Gasteiger partial charge < -0.3 is 15.2 Å². The van der Waals surface area contributed by atoms with E-state index in [0.29, 0.717) is 6.61 Å². The molecule has 0 saturated heterocycles. The van der Waals surface area contributed by atoms with Crippen LogP contribution in [0.1, 0.15) is 31.7 Å². The summed E-state index contributed by atoms with van der Waals surface area (Å²) < 4.78 is 5.48. The summed E-state index contributed by atoms with van der Waals surface area (Å²) in [5.41, 5.74) is 1.28. The Kier molecular flexibility index (Phi) is 4.40. The van der Waals surface area contributed by atoms with E-state index in [0.717, 1.165) is 24.8 Å². The Morgan fingerprint density at radius 1 is 1.35 bits per heavy atom. The van der Waals surface area contributed by atoms with Gasteiger partial charge >= 0.3 is 0 Å². The molecule has 0 aliphatic heterocycles. The number of aliphatic hydroxyl groups is 1. The van der Waals surface area contributed by atoms with Gasteiger partial charge in [0.2, 0.25) is 0 Å². The second-order valence-corrected chi connectivity index (χ2v) is 4.67. The van der Waals surface area contributed by atoms with E-state index in [9.17, 15) is 5.11 Å². The van der Waals surface area contributed by atoms with Gasteiger partial charge in [0.1, 0.15) is 12.4 Å². The number of ether oxygens (including phenoxy) is 1. The molecule has 1 unspecified atom stereocenters. The fraction of sp³-hybridized carbons (Fsp3) is 0.571. The van der Waals surface area contributed by atoms with Gasteiger partial charge in [-0.3, -0.25) is 0 Å². The van der Waals surface area contributed by atoms with Crippen molar-refractivity contribution >= 4 is 0 Å². The smallest absolute Gasteiger partial charge is 0.119 e. The van der Waals surface area contributed by atoms with Crippen LogP contribution in [0.25, 0.3) is 0 Å². The van der Waals surface area contributed by atoms with Crippen LogP contribution in [0.15, 0.2) is 24.3 Å². The maximum Gasteiger partial charge on any atom is 0.119 e. The topological polar surface area (TPSA) is 41.5 Å². The fourth-order valence-electron chi connectivity index (χ4n) is 1.56. The monoisotopic (exact) mass is 235 g/mol. The molecule has 1 fully saturated rings. The first-order valence-corrected chi connectivity index (χ1v) is 6.41. The molecule has 0 amide bonds. The summed E-state index contributed by atoms with van der Waals surface area (Å²) in [4.78, 5) is 0. The van der Waals surface area contributed by atoms with Crippen LogP contribution in [0.3, 0.4) is 0 Å². The molecule has 17 heavy (non-hydrogen) atoms. The van der Waals surface area contributed by atoms with E-state index in [4.69, 9.17) is 4.74 Å². The van der Waals surface area contributed by atoms with Gasteiger partial charge in [-0.2, -0.15) is 0 Å². The SMILES string of the molecule is CCC(O)COc1ccc(CNC2CC2)cc1. The molecule has 2 N–H and O–H groups in total. The summed E-state index contributed by atoms with van der Waals surface area (Å²) in [7, 11) is 0. The van der Waals surface area contributed by atoms with Crippen molar-refractivity contribution < 1.29 is 9.84 Å². The molecule has 1 atom stereocenters. The van der Waals surface area contributed by atoms with Gasteiger partial charge in [0.05, 0.1) is 6.10 Å². The van der Waals surface area contributed by atoms with Crippen molar-refractivity contribution in [3.05, 3.63) is 29.8 Å². The number of hydrogen-bond acceptors (Lipinski definition) is 3. The quantitative estimate of drug-likeness (QED) is 0.760. The molecule has 3 heteroatoms. The van der Waals surface area contributed by atoms with Crippen LogP contribution in [0, 0.1) is 0 Å². The molecule has 0 bridgehead atoms. The van der Waals surface area contributed by atoms with Crippen molar-refractivity contribution in [2.75, 3.05) is 6.61 Å². The van der Waals surface area contributed by atoms with E-state index in [1.165, 1.54) is 18.4 Å². The number of nitrogens with one attached hydrogen (secondary N) is 1. The molecular formula is C14H21NO2. The first kappa shape index (κ1) is 12.4. The number of aliphatic hydroxyl groups excluding tert-OH is 1. The summed E-state index contributed by atoms with van der Waals surface area (Å²) in [5.74, 6) is 0.827.